The van der Waals surface area contributed by atoms with Crippen LogP contribution in [0.25, 0.3) is 5.69 Å². The van der Waals surface area contributed by atoms with Crippen molar-refractivity contribution in [3.63, 3.8) is 0 Å². The number of rotatable bonds is 4. The van der Waals surface area contributed by atoms with Gasteiger partial charge in [0.25, 0.3) is 11.8 Å². The molecule has 2 aromatic heterocycles. The first kappa shape index (κ1) is 25.2. The van der Waals surface area contributed by atoms with Gasteiger partial charge < -0.3 is 19.3 Å². The van der Waals surface area contributed by atoms with Crippen LogP contribution in [0.15, 0.2) is 41.9 Å². The van der Waals surface area contributed by atoms with Crippen molar-refractivity contribution >= 4 is 23.2 Å². The lowest BCUT2D eigenvalue weighted by Gasteiger charge is -2.43. The van der Waals surface area contributed by atoms with Gasteiger partial charge in [-0.2, -0.15) is 5.10 Å². The van der Waals surface area contributed by atoms with Gasteiger partial charge in [0, 0.05) is 50.3 Å². The van der Waals surface area contributed by atoms with Gasteiger partial charge in [0.1, 0.15) is 5.69 Å². The largest absolute Gasteiger partial charge is 0.350 e. The van der Waals surface area contributed by atoms with E-state index in [4.69, 9.17) is 14.5 Å². The molecule has 2 amide bonds. The Bertz CT molecular complexity index is 1280. The Labute approximate surface area is 226 Å². The summed E-state index contributed by atoms with van der Waals surface area (Å²) in [7, 11) is 0. The smallest absolute Gasteiger partial charge is 0.273 e. The zero-order valence-electron chi connectivity index (χ0n) is 21.7. The predicted octanol–water partition coefficient (Wildman–Crippen LogP) is 4.03. The highest BCUT2D eigenvalue weighted by molar-refractivity contribution is 7.09. The van der Waals surface area contributed by atoms with Crippen LogP contribution >= 0.6 is 11.3 Å². The molecule has 0 saturated carbocycles. The summed E-state index contributed by atoms with van der Waals surface area (Å²) in [6.45, 7) is 5.95. The molecule has 0 atom stereocenters. The van der Waals surface area contributed by atoms with Gasteiger partial charge in [-0.15, -0.1) is 11.3 Å². The molecule has 3 aliphatic heterocycles. The molecule has 1 spiro atoms. The lowest BCUT2D eigenvalue weighted by Crippen LogP contribution is -2.51. The number of amides is 2. The molecule has 0 aliphatic carbocycles. The fourth-order valence-corrected chi connectivity index (χ4v) is 6.61. The van der Waals surface area contributed by atoms with Crippen LogP contribution in [-0.4, -0.2) is 81.6 Å². The molecule has 38 heavy (non-hydrogen) atoms. The Morgan fingerprint density at radius 1 is 0.974 bits per heavy atom. The van der Waals surface area contributed by atoms with Crippen molar-refractivity contribution in [1.82, 2.24) is 24.6 Å². The summed E-state index contributed by atoms with van der Waals surface area (Å²) in [4.78, 5) is 34.9. The van der Waals surface area contributed by atoms with Crippen LogP contribution in [-0.2, 0) is 9.47 Å². The van der Waals surface area contributed by atoms with Gasteiger partial charge in [-0.25, -0.2) is 9.67 Å². The minimum Gasteiger partial charge on any atom is -0.350 e. The summed E-state index contributed by atoms with van der Waals surface area (Å²) < 4.78 is 13.6. The van der Waals surface area contributed by atoms with Gasteiger partial charge in [0.05, 0.1) is 41.4 Å². The van der Waals surface area contributed by atoms with Crippen LogP contribution in [0.4, 0.5) is 0 Å². The molecule has 10 heteroatoms. The normalized spacial score (nSPS) is 20.1. The molecule has 3 fully saturated rings. The fourth-order valence-electron chi connectivity index (χ4n) is 5.64. The van der Waals surface area contributed by atoms with Crippen LogP contribution in [0.3, 0.4) is 0 Å². The third-order valence-electron chi connectivity index (χ3n) is 7.94. The number of carbonyl (C=O) groups excluding carboxylic acids is 2. The van der Waals surface area contributed by atoms with Gasteiger partial charge >= 0.3 is 0 Å². The van der Waals surface area contributed by atoms with Crippen molar-refractivity contribution in [2.24, 2.45) is 0 Å². The van der Waals surface area contributed by atoms with E-state index in [2.05, 4.69) is 5.10 Å². The van der Waals surface area contributed by atoms with Gasteiger partial charge in [0.2, 0.25) is 0 Å². The van der Waals surface area contributed by atoms with Gasteiger partial charge in [-0.05, 0) is 38.3 Å². The highest BCUT2D eigenvalue weighted by Crippen LogP contribution is 2.33. The van der Waals surface area contributed by atoms with E-state index in [1.807, 2.05) is 57.1 Å². The van der Waals surface area contributed by atoms with Crippen LogP contribution in [0.5, 0.6) is 0 Å². The Morgan fingerprint density at radius 3 is 2.37 bits per heavy atom. The molecule has 9 nitrogen and oxygen atoms in total. The van der Waals surface area contributed by atoms with Crippen LogP contribution in [0, 0.1) is 6.92 Å². The molecular weight excluding hydrogens is 502 g/mol. The molecule has 0 N–H and O–H groups in total. The molecule has 3 aliphatic rings. The lowest BCUT2D eigenvalue weighted by atomic mass is 9.97. The zero-order valence-corrected chi connectivity index (χ0v) is 22.5. The predicted molar refractivity (Wildman–Crippen MR) is 143 cm³/mol. The monoisotopic (exact) mass is 535 g/mol. The maximum Gasteiger partial charge on any atom is 0.273 e. The Morgan fingerprint density at radius 2 is 1.66 bits per heavy atom. The van der Waals surface area contributed by atoms with Gasteiger partial charge in [0.15, 0.2) is 5.79 Å². The van der Waals surface area contributed by atoms with Crippen molar-refractivity contribution in [3.8, 4) is 5.69 Å². The number of thiazole rings is 1. The molecule has 6 rings (SSSR count). The van der Waals surface area contributed by atoms with Crippen molar-refractivity contribution in [2.75, 3.05) is 39.4 Å². The molecule has 3 saturated heterocycles. The third-order valence-corrected chi connectivity index (χ3v) is 8.95. The molecule has 5 heterocycles. The van der Waals surface area contributed by atoms with Crippen molar-refractivity contribution in [1.29, 1.82) is 0 Å². The summed E-state index contributed by atoms with van der Waals surface area (Å²) in [5.74, 6) is -0.247. The summed E-state index contributed by atoms with van der Waals surface area (Å²) in [6.07, 6.45) is 5.67. The number of likely N-dealkylation sites (tertiary alicyclic amines) is 2. The number of piperidine rings is 2. The fraction of sp³-hybridized carbons (Fsp3) is 0.500. The zero-order chi connectivity index (χ0) is 26.1. The standard InChI is InChI=1S/C28H33N5O4S/c1-20-23(18-29-33(20)22-6-3-2-4-7-22)26(34)31-12-8-21(9-13-31)25-30-24(19-38-25)27(35)32-14-10-28(11-15-32)36-16-5-17-37-28/h2-4,6-7,18-19,21H,5,8-17H2,1H3. The lowest BCUT2D eigenvalue weighted by molar-refractivity contribution is -0.281. The first-order valence-electron chi connectivity index (χ1n) is 13.4. The Kier molecular flexibility index (Phi) is 7.03. The van der Waals surface area contributed by atoms with E-state index in [9.17, 15) is 9.59 Å². The van der Waals surface area contributed by atoms with E-state index in [-0.39, 0.29) is 17.7 Å². The number of benzene rings is 1. The number of para-hydroxylation sites is 1. The number of hydrogen-bond donors (Lipinski definition) is 0. The summed E-state index contributed by atoms with van der Waals surface area (Å²) in [6, 6.07) is 9.85. The maximum absolute atomic E-state index is 13.3. The minimum atomic E-state index is -0.507. The van der Waals surface area contributed by atoms with Gasteiger partial charge in [-0.1, -0.05) is 18.2 Å². The molecular formula is C28H33N5O4S. The highest BCUT2D eigenvalue weighted by Gasteiger charge is 2.40. The highest BCUT2D eigenvalue weighted by atomic mass is 32.1. The topological polar surface area (TPSA) is 89.8 Å². The van der Waals surface area contributed by atoms with E-state index in [1.165, 1.54) is 0 Å². The number of hydrogen-bond acceptors (Lipinski definition) is 7. The van der Waals surface area contributed by atoms with E-state index in [0.29, 0.717) is 50.3 Å². The third kappa shape index (κ3) is 4.88. The van der Waals surface area contributed by atoms with Crippen LogP contribution in [0.1, 0.15) is 69.6 Å². The van der Waals surface area contributed by atoms with Crippen LogP contribution < -0.4 is 0 Å². The van der Waals surface area contributed by atoms with E-state index in [1.54, 1.807) is 17.5 Å². The minimum absolute atomic E-state index is 0.0170. The number of carbonyl (C=O) groups is 2. The molecule has 0 radical (unpaired) electrons. The second-order valence-electron chi connectivity index (χ2n) is 10.3. The second-order valence-corrected chi connectivity index (χ2v) is 11.2. The van der Waals surface area contributed by atoms with Crippen molar-refractivity contribution in [3.05, 3.63) is 63.9 Å². The first-order chi connectivity index (χ1) is 18.5. The summed E-state index contributed by atoms with van der Waals surface area (Å²) >= 11 is 1.55. The molecule has 0 bridgehead atoms. The molecule has 3 aromatic rings. The number of nitrogens with zero attached hydrogens (tertiary/aromatic N) is 5. The van der Waals surface area contributed by atoms with E-state index < -0.39 is 5.79 Å². The number of aromatic nitrogens is 3. The Hall–Kier alpha value is -3.08. The quantitative estimate of drug-likeness (QED) is 0.501. The summed E-state index contributed by atoms with van der Waals surface area (Å²) in [5.41, 5.74) is 2.95. The van der Waals surface area contributed by atoms with E-state index >= 15 is 0 Å². The summed E-state index contributed by atoms with van der Waals surface area (Å²) in [5, 5.41) is 7.33. The molecule has 1 aromatic carbocycles. The van der Waals surface area contributed by atoms with Crippen LogP contribution in [0.2, 0.25) is 0 Å². The SMILES string of the molecule is Cc1c(C(=O)N2CCC(c3nc(C(=O)N4CCC5(CC4)OCCCO5)cs3)CC2)cnn1-c1ccccc1. The first-order valence-corrected chi connectivity index (χ1v) is 14.3. The molecule has 200 valence electrons. The number of ether oxygens (including phenoxy) is 2. The van der Waals surface area contributed by atoms with E-state index in [0.717, 1.165) is 48.9 Å². The second kappa shape index (κ2) is 10.6. The average Bonchev–Trinajstić information content (AvgIpc) is 3.61. The van der Waals surface area contributed by atoms with Gasteiger partial charge in [-0.3, -0.25) is 9.59 Å². The van der Waals surface area contributed by atoms with Crippen molar-refractivity contribution in [2.45, 2.75) is 50.7 Å². The molecule has 0 unspecified atom stereocenters. The average molecular weight is 536 g/mol. The Balaban J connectivity index is 1.04. The maximum atomic E-state index is 13.3. The van der Waals surface area contributed by atoms with Crippen molar-refractivity contribution < 1.29 is 19.1 Å².